The molecule has 5 rings (SSSR count). The Morgan fingerprint density at radius 2 is 1.72 bits per heavy atom. The van der Waals surface area contributed by atoms with Gasteiger partial charge in [0.25, 0.3) is 5.91 Å². The quantitative estimate of drug-likeness (QED) is 0.382. The molecule has 2 heterocycles. The summed E-state index contributed by atoms with van der Waals surface area (Å²) in [5.41, 5.74) is 2.11. The molecular formula is C26H19NO5. The predicted octanol–water partition coefficient (Wildman–Crippen LogP) is 5.86. The van der Waals surface area contributed by atoms with Crippen molar-refractivity contribution in [2.75, 3.05) is 11.9 Å². The van der Waals surface area contributed by atoms with Crippen molar-refractivity contribution in [1.82, 2.24) is 0 Å². The first-order valence-corrected chi connectivity index (χ1v) is 10.2. The molecular weight excluding hydrogens is 406 g/mol. The van der Waals surface area contributed by atoms with Crippen molar-refractivity contribution in [3.63, 3.8) is 0 Å². The summed E-state index contributed by atoms with van der Waals surface area (Å²) in [6, 6.07) is 22.8. The molecule has 0 bridgehead atoms. The van der Waals surface area contributed by atoms with Crippen LogP contribution in [0.5, 0.6) is 5.75 Å². The van der Waals surface area contributed by atoms with Crippen LogP contribution in [0, 0.1) is 0 Å². The SMILES string of the molecule is CCOc1ccc(-c2cc(=O)c3ccc(NC(=O)c4cc5ccccc5o4)cc3o2)cc1. The van der Waals surface area contributed by atoms with E-state index in [1.807, 2.05) is 49.4 Å². The molecule has 5 aromatic rings. The molecule has 6 nitrogen and oxygen atoms in total. The molecule has 0 spiro atoms. The zero-order chi connectivity index (χ0) is 22.1. The van der Waals surface area contributed by atoms with Gasteiger partial charge in [-0.15, -0.1) is 0 Å². The number of hydrogen-bond donors (Lipinski definition) is 1. The van der Waals surface area contributed by atoms with Gasteiger partial charge >= 0.3 is 0 Å². The monoisotopic (exact) mass is 425 g/mol. The van der Waals surface area contributed by atoms with E-state index in [4.69, 9.17) is 13.6 Å². The van der Waals surface area contributed by atoms with Gasteiger partial charge in [-0.1, -0.05) is 18.2 Å². The molecule has 1 N–H and O–H groups in total. The van der Waals surface area contributed by atoms with Crippen LogP contribution in [0.3, 0.4) is 0 Å². The zero-order valence-corrected chi connectivity index (χ0v) is 17.3. The van der Waals surface area contributed by atoms with Crippen LogP contribution in [0.2, 0.25) is 0 Å². The number of ether oxygens (including phenoxy) is 1. The van der Waals surface area contributed by atoms with Gasteiger partial charge in [-0.05, 0) is 55.5 Å². The molecule has 158 valence electrons. The number of rotatable bonds is 5. The third kappa shape index (κ3) is 3.74. The van der Waals surface area contributed by atoms with Crippen LogP contribution in [0.1, 0.15) is 17.5 Å². The molecule has 0 aliphatic heterocycles. The molecule has 3 aromatic carbocycles. The maximum atomic E-state index is 12.7. The largest absolute Gasteiger partial charge is 0.494 e. The second-order valence-corrected chi connectivity index (χ2v) is 7.25. The third-order valence-corrected chi connectivity index (χ3v) is 5.09. The van der Waals surface area contributed by atoms with E-state index in [0.29, 0.717) is 34.6 Å². The van der Waals surface area contributed by atoms with E-state index in [9.17, 15) is 9.59 Å². The summed E-state index contributed by atoms with van der Waals surface area (Å²) in [4.78, 5) is 25.3. The standard InChI is InChI=1S/C26H19NO5/c1-2-30-19-10-7-16(8-11-19)23-15-21(28)20-12-9-18(14-24(20)32-23)27-26(29)25-13-17-5-3-4-6-22(17)31-25/h3-15H,2H2,1H3,(H,27,29). The summed E-state index contributed by atoms with van der Waals surface area (Å²) in [5.74, 6) is 1.00. The lowest BCUT2D eigenvalue weighted by molar-refractivity contribution is 0.0998. The molecule has 0 aliphatic rings. The lowest BCUT2D eigenvalue weighted by Crippen LogP contribution is -2.11. The van der Waals surface area contributed by atoms with Gasteiger partial charge in [-0.3, -0.25) is 9.59 Å². The minimum absolute atomic E-state index is 0.162. The smallest absolute Gasteiger partial charge is 0.291 e. The van der Waals surface area contributed by atoms with Crippen LogP contribution in [-0.2, 0) is 0 Å². The highest BCUT2D eigenvalue weighted by molar-refractivity contribution is 6.05. The van der Waals surface area contributed by atoms with Crippen molar-refractivity contribution in [2.24, 2.45) is 0 Å². The molecule has 2 aromatic heterocycles. The summed E-state index contributed by atoms with van der Waals surface area (Å²) >= 11 is 0. The summed E-state index contributed by atoms with van der Waals surface area (Å²) in [6.07, 6.45) is 0. The number of carbonyl (C=O) groups excluding carboxylic acids is 1. The second kappa shape index (κ2) is 8.07. The van der Waals surface area contributed by atoms with Crippen LogP contribution in [-0.4, -0.2) is 12.5 Å². The summed E-state index contributed by atoms with van der Waals surface area (Å²) in [7, 11) is 0. The van der Waals surface area contributed by atoms with Crippen LogP contribution < -0.4 is 15.5 Å². The van der Waals surface area contributed by atoms with Crippen molar-refractivity contribution in [3.8, 4) is 17.1 Å². The Kier molecular flexibility index (Phi) is 4.95. The average Bonchev–Trinajstić information content (AvgIpc) is 3.24. The van der Waals surface area contributed by atoms with Gasteiger partial charge in [0.05, 0.1) is 12.0 Å². The molecule has 0 radical (unpaired) electrons. The minimum Gasteiger partial charge on any atom is -0.494 e. The maximum absolute atomic E-state index is 12.7. The first-order valence-electron chi connectivity index (χ1n) is 10.2. The Morgan fingerprint density at radius 1 is 0.906 bits per heavy atom. The number of benzene rings is 3. The Hall–Kier alpha value is -4.32. The highest BCUT2D eigenvalue weighted by atomic mass is 16.5. The average molecular weight is 425 g/mol. The van der Waals surface area contributed by atoms with E-state index >= 15 is 0 Å². The number of amides is 1. The van der Waals surface area contributed by atoms with Gasteiger partial charge in [-0.25, -0.2) is 0 Å². The van der Waals surface area contributed by atoms with Crippen molar-refractivity contribution >= 4 is 33.5 Å². The van der Waals surface area contributed by atoms with E-state index in [1.54, 1.807) is 30.3 Å². The molecule has 0 fully saturated rings. The Morgan fingerprint density at radius 3 is 2.50 bits per heavy atom. The molecule has 0 aliphatic carbocycles. The number of nitrogens with one attached hydrogen (secondary N) is 1. The van der Waals surface area contributed by atoms with Crippen molar-refractivity contribution < 1.29 is 18.4 Å². The van der Waals surface area contributed by atoms with Crippen LogP contribution in [0.25, 0.3) is 33.3 Å². The van der Waals surface area contributed by atoms with E-state index in [1.165, 1.54) is 6.07 Å². The van der Waals surface area contributed by atoms with Gasteiger partial charge in [0.2, 0.25) is 0 Å². The number of furan rings is 1. The second-order valence-electron chi connectivity index (χ2n) is 7.25. The van der Waals surface area contributed by atoms with E-state index < -0.39 is 0 Å². The van der Waals surface area contributed by atoms with Crippen LogP contribution in [0.4, 0.5) is 5.69 Å². The molecule has 0 unspecified atom stereocenters. The predicted molar refractivity (Wildman–Crippen MR) is 123 cm³/mol. The van der Waals surface area contributed by atoms with Gasteiger partial charge in [-0.2, -0.15) is 0 Å². The number of anilines is 1. The Bertz CT molecular complexity index is 1460. The summed E-state index contributed by atoms with van der Waals surface area (Å²) in [6.45, 7) is 2.49. The lowest BCUT2D eigenvalue weighted by atomic mass is 10.1. The summed E-state index contributed by atoms with van der Waals surface area (Å²) < 4.78 is 17.1. The number of fused-ring (bicyclic) bond motifs is 2. The molecule has 6 heteroatoms. The first kappa shape index (κ1) is 19.6. The molecule has 0 saturated heterocycles. The zero-order valence-electron chi connectivity index (χ0n) is 17.3. The lowest BCUT2D eigenvalue weighted by Gasteiger charge is -2.07. The molecule has 32 heavy (non-hydrogen) atoms. The van der Waals surface area contributed by atoms with Crippen molar-refractivity contribution in [2.45, 2.75) is 6.92 Å². The fourth-order valence-corrected chi connectivity index (χ4v) is 3.54. The minimum atomic E-state index is -0.384. The Balaban J connectivity index is 1.45. The number of para-hydroxylation sites is 1. The first-order chi connectivity index (χ1) is 15.6. The topological polar surface area (TPSA) is 81.7 Å². The van der Waals surface area contributed by atoms with Crippen molar-refractivity contribution in [3.05, 3.63) is 94.8 Å². The van der Waals surface area contributed by atoms with Crippen LogP contribution >= 0.6 is 0 Å². The number of carbonyl (C=O) groups is 1. The van der Waals surface area contributed by atoms with Gasteiger partial charge in [0.1, 0.15) is 22.7 Å². The van der Waals surface area contributed by atoms with E-state index in [0.717, 1.165) is 16.7 Å². The van der Waals surface area contributed by atoms with Gasteiger partial charge in [0, 0.05) is 28.8 Å². The fraction of sp³-hybridized carbons (Fsp3) is 0.0769. The van der Waals surface area contributed by atoms with Gasteiger partial charge < -0.3 is 18.9 Å². The highest BCUT2D eigenvalue weighted by Gasteiger charge is 2.14. The van der Waals surface area contributed by atoms with E-state index in [2.05, 4.69) is 5.32 Å². The molecule has 0 atom stereocenters. The maximum Gasteiger partial charge on any atom is 0.291 e. The normalized spacial score (nSPS) is 11.0. The number of hydrogen-bond acceptors (Lipinski definition) is 5. The van der Waals surface area contributed by atoms with Gasteiger partial charge in [0.15, 0.2) is 11.2 Å². The molecule has 1 amide bonds. The fourth-order valence-electron chi connectivity index (χ4n) is 3.54. The highest BCUT2D eigenvalue weighted by Crippen LogP contribution is 2.26. The van der Waals surface area contributed by atoms with Crippen LogP contribution in [0.15, 0.2) is 92.5 Å². The van der Waals surface area contributed by atoms with Crippen molar-refractivity contribution in [1.29, 1.82) is 0 Å². The third-order valence-electron chi connectivity index (χ3n) is 5.09. The van der Waals surface area contributed by atoms with E-state index in [-0.39, 0.29) is 17.1 Å². The Labute approximate surface area is 183 Å². The summed E-state index contributed by atoms with van der Waals surface area (Å²) in [5, 5.41) is 4.08. The molecule has 0 saturated carbocycles.